The molecule has 4 aromatic rings. The van der Waals surface area contributed by atoms with E-state index in [4.69, 9.17) is 8.94 Å². The van der Waals surface area contributed by atoms with Crippen LogP contribution < -0.4 is 5.32 Å². The summed E-state index contributed by atoms with van der Waals surface area (Å²) in [7, 11) is 0. The van der Waals surface area contributed by atoms with Crippen molar-refractivity contribution < 1.29 is 18.5 Å². The third-order valence-electron chi connectivity index (χ3n) is 6.48. The van der Waals surface area contributed by atoms with Crippen LogP contribution in [0.15, 0.2) is 57.9 Å². The molecule has 10 nitrogen and oxygen atoms in total. The minimum Gasteiger partial charge on any atom is -0.472 e. The molecular weight excluding hydrogens is 460 g/mol. The Morgan fingerprint density at radius 1 is 1.06 bits per heavy atom. The highest BCUT2D eigenvalue weighted by atomic mass is 16.5. The van der Waals surface area contributed by atoms with Gasteiger partial charge in [0.15, 0.2) is 5.82 Å². The number of benzene rings is 1. The maximum Gasteiger partial charge on any atom is 0.259 e. The van der Waals surface area contributed by atoms with Gasteiger partial charge in [-0.3, -0.25) is 9.59 Å². The van der Waals surface area contributed by atoms with Gasteiger partial charge in [0, 0.05) is 31.6 Å². The van der Waals surface area contributed by atoms with E-state index in [2.05, 4.69) is 20.7 Å². The second kappa shape index (κ2) is 9.80. The quantitative estimate of drug-likeness (QED) is 0.440. The number of hydrogen-bond donors (Lipinski definition) is 1. The first-order valence-corrected chi connectivity index (χ1v) is 12.0. The summed E-state index contributed by atoms with van der Waals surface area (Å²) in [5, 5.41) is 16.1. The summed E-state index contributed by atoms with van der Waals surface area (Å²) in [6.45, 7) is 7.27. The van der Waals surface area contributed by atoms with Crippen molar-refractivity contribution in [1.82, 2.24) is 30.1 Å². The van der Waals surface area contributed by atoms with Crippen LogP contribution in [-0.4, -0.2) is 49.7 Å². The maximum absolute atomic E-state index is 13.6. The van der Waals surface area contributed by atoms with Gasteiger partial charge in [-0.2, -0.15) is 0 Å². The minimum atomic E-state index is -0.346. The number of amides is 2. The molecule has 0 bridgehead atoms. The van der Waals surface area contributed by atoms with Gasteiger partial charge in [0.1, 0.15) is 29.1 Å². The molecule has 0 aliphatic carbocycles. The topological polar surface area (TPSA) is 119 Å². The Morgan fingerprint density at radius 3 is 2.58 bits per heavy atom. The number of aromatic nitrogens is 4. The monoisotopic (exact) mass is 488 g/mol. The summed E-state index contributed by atoms with van der Waals surface area (Å²) < 4.78 is 12.5. The van der Waals surface area contributed by atoms with E-state index < -0.39 is 0 Å². The highest BCUT2D eigenvalue weighted by Gasteiger charge is 2.31. The van der Waals surface area contributed by atoms with E-state index in [1.807, 2.05) is 48.7 Å². The zero-order valence-electron chi connectivity index (χ0n) is 20.5. The Kier molecular flexibility index (Phi) is 6.41. The smallest absolute Gasteiger partial charge is 0.259 e. The molecule has 1 aliphatic heterocycles. The van der Waals surface area contributed by atoms with Crippen LogP contribution in [-0.2, 0) is 13.0 Å². The van der Waals surface area contributed by atoms with E-state index in [1.165, 1.54) is 12.5 Å². The number of carbonyl (C=O) groups excluding carboxylic acids is 2. The molecule has 3 aromatic heterocycles. The van der Waals surface area contributed by atoms with E-state index in [1.54, 1.807) is 17.9 Å². The molecule has 0 spiro atoms. The zero-order valence-corrected chi connectivity index (χ0v) is 20.5. The van der Waals surface area contributed by atoms with Crippen LogP contribution >= 0.6 is 0 Å². The van der Waals surface area contributed by atoms with Crippen LogP contribution in [0.5, 0.6) is 0 Å². The highest BCUT2D eigenvalue weighted by Crippen LogP contribution is 2.28. The number of nitrogens with zero attached hydrogens (tertiary/aromatic N) is 5. The zero-order chi connectivity index (χ0) is 25.2. The maximum atomic E-state index is 13.6. The van der Waals surface area contributed by atoms with Gasteiger partial charge in [0.2, 0.25) is 0 Å². The van der Waals surface area contributed by atoms with E-state index in [9.17, 15) is 9.59 Å². The summed E-state index contributed by atoms with van der Waals surface area (Å²) >= 11 is 0. The van der Waals surface area contributed by atoms with Gasteiger partial charge in [-0.05, 0) is 18.9 Å². The lowest BCUT2D eigenvalue weighted by Gasteiger charge is -2.23. The van der Waals surface area contributed by atoms with Crippen molar-refractivity contribution >= 4 is 11.8 Å². The number of aryl methyl sites for hydroxylation is 1. The Labute approximate surface area is 208 Å². The molecule has 4 heterocycles. The number of nitrogens with one attached hydrogen (secondary N) is 1. The van der Waals surface area contributed by atoms with Crippen LogP contribution in [0.3, 0.4) is 0 Å². The predicted octanol–water partition coefficient (Wildman–Crippen LogP) is 3.66. The first-order chi connectivity index (χ1) is 17.4. The van der Waals surface area contributed by atoms with Crippen LogP contribution in [0.4, 0.5) is 0 Å². The Balaban J connectivity index is 1.37. The van der Waals surface area contributed by atoms with Gasteiger partial charge in [-0.25, -0.2) is 0 Å². The summed E-state index contributed by atoms with van der Waals surface area (Å²) in [6, 6.07) is 10.8. The molecular formula is C26H28N6O4. The molecule has 2 amide bonds. The number of rotatable bonds is 6. The number of furan rings is 1. The first kappa shape index (κ1) is 23.5. The van der Waals surface area contributed by atoms with Crippen molar-refractivity contribution in [1.29, 1.82) is 0 Å². The summed E-state index contributed by atoms with van der Waals surface area (Å²) in [5.41, 5.74) is 2.31. The van der Waals surface area contributed by atoms with Crippen LogP contribution in [0.25, 0.3) is 11.3 Å². The van der Waals surface area contributed by atoms with Crippen molar-refractivity contribution in [2.45, 2.75) is 39.8 Å². The number of carbonyl (C=O) groups is 2. The molecule has 5 rings (SSSR count). The highest BCUT2D eigenvalue weighted by molar-refractivity contribution is 6.00. The van der Waals surface area contributed by atoms with Crippen LogP contribution in [0.2, 0.25) is 0 Å². The van der Waals surface area contributed by atoms with Crippen LogP contribution in [0, 0.1) is 12.8 Å². The molecule has 0 fully saturated rings. The minimum absolute atomic E-state index is 0.0724. The van der Waals surface area contributed by atoms with Gasteiger partial charge in [0.25, 0.3) is 11.8 Å². The van der Waals surface area contributed by atoms with Gasteiger partial charge in [-0.1, -0.05) is 49.3 Å². The standard InChI is InChI=1S/C26H28N6O4/c1-16(2)22(27-25(33)19-10-14-35-15-19)24-29-28-20-9-11-31(12-13-32(20)24)26(34)21-17(3)36-30-23(21)18-7-5-4-6-8-18/h4-8,10,14-16,22H,9,11-13H2,1-3H3,(H,27,33). The summed E-state index contributed by atoms with van der Waals surface area (Å²) in [6.07, 6.45) is 3.43. The van der Waals surface area contributed by atoms with E-state index in [0.29, 0.717) is 54.5 Å². The SMILES string of the molecule is Cc1onc(-c2ccccc2)c1C(=O)N1CCc2nnc(C(NC(=O)c3ccoc3)C(C)C)n2CC1. The van der Waals surface area contributed by atoms with E-state index in [-0.39, 0.29) is 23.8 Å². The average Bonchev–Trinajstić information content (AvgIpc) is 3.60. The number of hydrogen-bond acceptors (Lipinski definition) is 7. The molecule has 186 valence electrons. The second-order valence-corrected chi connectivity index (χ2v) is 9.20. The lowest BCUT2D eigenvalue weighted by atomic mass is 10.0. The molecule has 1 aromatic carbocycles. The molecule has 1 unspecified atom stereocenters. The van der Waals surface area contributed by atoms with Gasteiger partial charge >= 0.3 is 0 Å². The Morgan fingerprint density at radius 2 is 1.86 bits per heavy atom. The molecule has 36 heavy (non-hydrogen) atoms. The van der Waals surface area contributed by atoms with Gasteiger partial charge in [0.05, 0.1) is 17.9 Å². The summed E-state index contributed by atoms with van der Waals surface area (Å²) in [5.74, 6) is 1.67. The lowest BCUT2D eigenvalue weighted by molar-refractivity contribution is 0.0757. The van der Waals surface area contributed by atoms with E-state index >= 15 is 0 Å². The third kappa shape index (κ3) is 4.41. The predicted molar refractivity (Wildman–Crippen MR) is 130 cm³/mol. The van der Waals surface area contributed by atoms with Gasteiger partial charge in [-0.15, -0.1) is 10.2 Å². The normalized spacial score (nSPS) is 14.4. The molecule has 1 aliphatic rings. The van der Waals surface area contributed by atoms with Crippen molar-refractivity contribution in [3.8, 4) is 11.3 Å². The summed E-state index contributed by atoms with van der Waals surface area (Å²) in [4.78, 5) is 28.1. The molecule has 1 N–H and O–H groups in total. The van der Waals surface area contributed by atoms with Crippen molar-refractivity contribution in [3.63, 3.8) is 0 Å². The first-order valence-electron chi connectivity index (χ1n) is 12.0. The fraction of sp³-hybridized carbons (Fsp3) is 0.346. The largest absolute Gasteiger partial charge is 0.472 e. The lowest BCUT2D eigenvalue weighted by Crippen LogP contribution is -2.35. The fourth-order valence-electron chi connectivity index (χ4n) is 4.50. The molecule has 10 heteroatoms. The average molecular weight is 489 g/mol. The number of fused-ring (bicyclic) bond motifs is 1. The van der Waals surface area contributed by atoms with Crippen molar-refractivity contribution in [2.24, 2.45) is 5.92 Å². The van der Waals surface area contributed by atoms with Crippen LogP contribution in [0.1, 0.15) is 58.0 Å². The Bertz CT molecular complexity index is 1360. The molecule has 0 saturated heterocycles. The molecule has 0 radical (unpaired) electrons. The fourth-order valence-corrected chi connectivity index (χ4v) is 4.50. The third-order valence-corrected chi connectivity index (χ3v) is 6.48. The van der Waals surface area contributed by atoms with Gasteiger partial charge < -0.3 is 23.7 Å². The van der Waals surface area contributed by atoms with E-state index in [0.717, 1.165) is 11.4 Å². The Hall–Kier alpha value is -4.21. The molecule has 1 atom stereocenters. The second-order valence-electron chi connectivity index (χ2n) is 9.20. The van der Waals surface area contributed by atoms with Crippen molar-refractivity contribution in [2.75, 3.05) is 13.1 Å². The molecule has 0 saturated carbocycles. The van der Waals surface area contributed by atoms with Crippen molar-refractivity contribution in [3.05, 3.63) is 77.5 Å².